The third-order valence-electron chi connectivity index (χ3n) is 8.55. The number of fused-ring (bicyclic) bond motifs is 1. The molecular weight excluding hydrogens is 634 g/mol. The van der Waals surface area contributed by atoms with Gasteiger partial charge in [0.05, 0.1) is 30.7 Å². The first kappa shape index (κ1) is 31.9. The number of hydrogen-bond acceptors (Lipinski definition) is 5. The second-order valence-electron chi connectivity index (χ2n) is 11.7. The second kappa shape index (κ2) is 13.7. The molecule has 2 N–H and O–H groups in total. The Morgan fingerprint density at radius 3 is 2.58 bits per heavy atom. The lowest BCUT2D eigenvalue weighted by Crippen LogP contribution is -2.48. The van der Waals surface area contributed by atoms with Crippen LogP contribution in [0.3, 0.4) is 0 Å². The maximum Gasteiger partial charge on any atom is 0.239 e. The van der Waals surface area contributed by atoms with Crippen molar-refractivity contribution in [2.75, 3.05) is 39.4 Å². The lowest BCUT2D eigenvalue weighted by Gasteiger charge is -2.36. The summed E-state index contributed by atoms with van der Waals surface area (Å²) in [6.07, 6.45) is 2.51. The molecular formula is C34H35Cl2FN4O3S. The van der Waals surface area contributed by atoms with E-state index in [1.165, 1.54) is 23.9 Å². The molecule has 2 atom stereocenters. The summed E-state index contributed by atoms with van der Waals surface area (Å²) in [5.74, 6) is -0.958. The third kappa shape index (κ3) is 6.88. The van der Waals surface area contributed by atoms with Gasteiger partial charge in [-0.3, -0.25) is 14.5 Å². The Bertz CT molecular complexity index is 1680. The summed E-state index contributed by atoms with van der Waals surface area (Å²) in [6.45, 7) is 6.74. The summed E-state index contributed by atoms with van der Waals surface area (Å²) in [6, 6.07) is 17.5. The van der Waals surface area contributed by atoms with Crippen LogP contribution in [0.5, 0.6) is 0 Å². The number of halogens is 3. The number of ether oxygens (including phenoxy) is 1. The minimum absolute atomic E-state index is 0.00489. The number of amides is 2. The lowest BCUT2D eigenvalue weighted by molar-refractivity contribution is -0.129. The fourth-order valence-corrected chi connectivity index (χ4v) is 7.92. The first-order chi connectivity index (χ1) is 21.7. The number of hydrogen-bond donors (Lipinski definition) is 2. The van der Waals surface area contributed by atoms with Crippen molar-refractivity contribution in [2.24, 2.45) is 0 Å². The molecule has 3 heterocycles. The predicted octanol–water partition coefficient (Wildman–Crippen LogP) is 6.77. The lowest BCUT2D eigenvalue weighted by atomic mass is 9.91. The quantitative estimate of drug-likeness (QED) is 0.183. The highest BCUT2D eigenvalue weighted by Crippen LogP contribution is 2.54. The van der Waals surface area contributed by atoms with Gasteiger partial charge in [-0.25, -0.2) is 4.39 Å². The number of carbonyl (C=O) groups is 2. The topological polar surface area (TPSA) is 77.7 Å². The van der Waals surface area contributed by atoms with E-state index in [4.69, 9.17) is 27.9 Å². The molecule has 7 nitrogen and oxygen atoms in total. The van der Waals surface area contributed by atoms with Crippen molar-refractivity contribution < 1.29 is 18.7 Å². The van der Waals surface area contributed by atoms with Crippen molar-refractivity contribution >= 4 is 57.7 Å². The first-order valence-corrected chi connectivity index (χ1v) is 16.6. The molecule has 3 aromatic carbocycles. The first-order valence-electron chi connectivity index (χ1n) is 15.1. The van der Waals surface area contributed by atoms with E-state index in [0.29, 0.717) is 41.2 Å². The van der Waals surface area contributed by atoms with E-state index in [-0.39, 0.29) is 29.8 Å². The average Bonchev–Trinajstić information content (AvgIpc) is 3.55. The van der Waals surface area contributed by atoms with E-state index < -0.39 is 16.6 Å². The molecule has 2 fully saturated rings. The molecule has 6 rings (SSSR count). The number of nitrogens with zero attached hydrogens (tertiary/aromatic N) is 2. The number of aryl methyl sites for hydroxylation is 1. The summed E-state index contributed by atoms with van der Waals surface area (Å²) >= 11 is 13.7. The van der Waals surface area contributed by atoms with Gasteiger partial charge in [-0.2, -0.15) is 0 Å². The normalized spacial score (nSPS) is 20.7. The Hall–Kier alpha value is -3.08. The molecule has 0 saturated carbocycles. The van der Waals surface area contributed by atoms with Crippen molar-refractivity contribution in [1.29, 1.82) is 0 Å². The molecule has 45 heavy (non-hydrogen) atoms. The van der Waals surface area contributed by atoms with Gasteiger partial charge in [-0.1, -0.05) is 53.0 Å². The van der Waals surface area contributed by atoms with Gasteiger partial charge >= 0.3 is 0 Å². The molecule has 2 aliphatic heterocycles. The fourth-order valence-electron chi connectivity index (χ4n) is 6.21. The van der Waals surface area contributed by atoms with E-state index in [1.54, 1.807) is 23.2 Å². The van der Waals surface area contributed by atoms with Crippen LogP contribution in [0.15, 0.2) is 71.8 Å². The average molecular weight is 670 g/mol. The number of morpholine rings is 1. The minimum Gasteiger partial charge on any atom is -0.379 e. The van der Waals surface area contributed by atoms with Crippen LogP contribution in [0.2, 0.25) is 10.0 Å². The van der Waals surface area contributed by atoms with Gasteiger partial charge in [-0.05, 0) is 61.9 Å². The number of H-pyrrole nitrogens is 1. The number of rotatable bonds is 10. The fraction of sp³-hybridized carbons (Fsp3) is 0.353. The maximum absolute atomic E-state index is 14.9. The van der Waals surface area contributed by atoms with E-state index in [2.05, 4.69) is 15.2 Å². The van der Waals surface area contributed by atoms with Crippen molar-refractivity contribution in [2.45, 2.75) is 42.0 Å². The molecule has 11 heteroatoms. The zero-order valence-corrected chi connectivity index (χ0v) is 27.3. The highest BCUT2D eigenvalue weighted by Gasteiger charge is 2.58. The van der Waals surface area contributed by atoms with E-state index in [9.17, 15) is 14.0 Å². The van der Waals surface area contributed by atoms with Crippen LogP contribution in [0.25, 0.3) is 10.9 Å². The van der Waals surface area contributed by atoms with E-state index in [1.807, 2.05) is 43.3 Å². The van der Waals surface area contributed by atoms with Crippen molar-refractivity contribution in [1.82, 2.24) is 20.1 Å². The molecule has 0 bridgehead atoms. The monoisotopic (exact) mass is 668 g/mol. The Kier molecular flexibility index (Phi) is 9.73. The van der Waals surface area contributed by atoms with Crippen molar-refractivity contribution in [3.8, 4) is 0 Å². The Morgan fingerprint density at radius 2 is 1.84 bits per heavy atom. The Morgan fingerprint density at radius 1 is 1.11 bits per heavy atom. The number of benzene rings is 3. The zero-order chi connectivity index (χ0) is 31.6. The number of aromatic amines is 1. The number of thioether (sulfide) groups is 1. The number of likely N-dealkylation sites (tertiary alicyclic amines) is 1. The Labute approximate surface area is 276 Å². The standard InChI is InChI=1S/C34H35Cl2FN4O3S/c1-22-3-9-25(10-4-22)45-34(33(43)38-11-2-12-40-13-15-44-16-14-40)19-31(42)41(21-23-5-7-24(35)8-6-23)32(34)27-20-39-30-18-28(36)29(37)17-26(27)30/h3-10,17-18,20,32,39H,2,11-16,19,21H2,1H3,(H,38,43)/t32-,34?/m0/s1. The van der Waals surface area contributed by atoms with Crippen molar-refractivity contribution in [3.63, 3.8) is 0 Å². The van der Waals surface area contributed by atoms with Gasteiger partial charge in [0.1, 0.15) is 10.6 Å². The molecule has 2 aliphatic rings. The maximum atomic E-state index is 14.9. The van der Waals surface area contributed by atoms with E-state index >= 15 is 0 Å². The summed E-state index contributed by atoms with van der Waals surface area (Å²) in [7, 11) is 0. The van der Waals surface area contributed by atoms with Crippen LogP contribution in [-0.2, 0) is 20.9 Å². The smallest absolute Gasteiger partial charge is 0.239 e. The summed E-state index contributed by atoms with van der Waals surface area (Å²) in [5.41, 5.74) is 3.24. The van der Waals surface area contributed by atoms with Crippen LogP contribution < -0.4 is 5.32 Å². The Balaban J connectivity index is 1.40. The largest absolute Gasteiger partial charge is 0.379 e. The minimum atomic E-state index is -1.25. The van der Waals surface area contributed by atoms with Crippen LogP contribution in [-0.4, -0.2) is 70.7 Å². The van der Waals surface area contributed by atoms with Crippen LogP contribution in [0.4, 0.5) is 4.39 Å². The van der Waals surface area contributed by atoms with Crippen LogP contribution >= 0.6 is 35.0 Å². The third-order valence-corrected chi connectivity index (χ3v) is 10.5. The molecule has 0 radical (unpaired) electrons. The van der Waals surface area contributed by atoms with Gasteiger partial charge in [-0.15, -0.1) is 11.8 Å². The molecule has 2 saturated heterocycles. The molecule has 236 valence electrons. The van der Waals surface area contributed by atoms with Gasteiger partial charge in [0.15, 0.2) is 0 Å². The van der Waals surface area contributed by atoms with Gasteiger partial charge in [0, 0.05) is 58.8 Å². The zero-order valence-electron chi connectivity index (χ0n) is 25.0. The molecule has 0 aliphatic carbocycles. The van der Waals surface area contributed by atoms with Crippen molar-refractivity contribution in [3.05, 3.63) is 99.4 Å². The predicted molar refractivity (Wildman–Crippen MR) is 177 cm³/mol. The number of nitrogens with one attached hydrogen (secondary N) is 2. The molecule has 1 aromatic heterocycles. The summed E-state index contributed by atoms with van der Waals surface area (Å²) < 4.78 is 19.1. The van der Waals surface area contributed by atoms with E-state index in [0.717, 1.165) is 42.1 Å². The molecule has 4 aromatic rings. The van der Waals surface area contributed by atoms with Crippen LogP contribution in [0, 0.1) is 12.7 Å². The SMILES string of the molecule is Cc1ccc(SC2(C(=O)NCCCN3CCOCC3)CC(=O)N(Cc3ccc(Cl)cc3)[C@H]2c2c[nH]c3cc(Cl)c(F)cc23)cc1. The molecule has 2 amide bonds. The number of carbonyl (C=O) groups excluding carboxylic acids is 2. The molecule has 0 spiro atoms. The summed E-state index contributed by atoms with van der Waals surface area (Å²) in [4.78, 5) is 36.8. The van der Waals surface area contributed by atoms with Crippen LogP contribution in [0.1, 0.15) is 35.6 Å². The molecule has 1 unspecified atom stereocenters. The van der Waals surface area contributed by atoms with Gasteiger partial charge in [0.2, 0.25) is 11.8 Å². The van der Waals surface area contributed by atoms with Gasteiger partial charge < -0.3 is 19.9 Å². The van der Waals surface area contributed by atoms with Gasteiger partial charge in [0.25, 0.3) is 0 Å². The summed E-state index contributed by atoms with van der Waals surface area (Å²) in [5, 5.41) is 4.35. The highest BCUT2D eigenvalue weighted by atomic mass is 35.5. The second-order valence-corrected chi connectivity index (χ2v) is 13.9. The highest BCUT2D eigenvalue weighted by molar-refractivity contribution is 8.01. The number of aromatic nitrogens is 1.